The van der Waals surface area contributed by atoms with Crippen LogP contribution in [0.25, 0.3) is 0 Å². The molecule has 0 aliphatic carbocycles. The highest BCUT2D eigenvalue weighted by Crippen LogP contribution is 2.28. The minimum Gasteiger partial charge on any atom is -0.466 e. The quantitative estimate of drug-likeness (QED) is 0.188. The molecule has 3 aromatic carbocycles. The number of aromatic nitrogens is 1. The van der Waals surface area contributed by atoms with E-state index in [0.29, 0.717) is 38.7 Å². The third kappa shape index (κ3) is 7.44. The maximum atomic E-state index is 13.3. The molecule has 1 fully saturated rings. The van der Waals surface area contributed by atoms with Crippen LogP contribution in [0, 0.1) is 5.92 Å². The van der Waals surface area contributed by atoms with E-state index in [1.807, 2.05) is 66.7 Å². The lowest BCUT2D eigenvalue weighted by Gasteiger charge is -2.31. The number of benzene rings is 3. The molecule has 0 unspecified atom stereocenters. The molecular formula is C34H37N3O5. The van der Waals surface area contributed by atoms with Crippen molar-refractivity contribution in [3.05, 3.63) is 114 Å². The Morgan fingerprint density at radius 2 is 1.74 bits per heavy atom. The molecule has 4 aromatic rings. The lowest BCUT2D eigenvalue weighted by atomic mass is 9.98. The van der Waals surface area contributed by atoms with Crippen molar-refractivity contribution < 1.29 is 23.5 Å². The average Bonchev–Trinajstić information content (AvgIpc) is 3.50. The molecular weight excluding hydrogens is 530 g/mol. The largest absolute Gasteiger partial charge is 0.466 e. The zero-order valence-corrected chi connectivity index (χ0v) is 24.1. The summed E-state index contributed by atoms with van der Waals surface area (Å²) in [5.41, 5.74) is 2.49. The molecule has 0 bridgehead atoms. The Bertz CT molecular complexity index is 1460. The van der Waals surface area contributed by atoms with E-state index < -0.39 is 0 Å². The summed E-state index contributed by atoms with van der Waals surface area (Å²) in [6.45, 7) is 6.20. The first-order valence-electron chi connectivity index (χ1n) is 14.5. The number of carbonyl (C=O) groups is 2. The van der Waals surface area contributed by atoms with Crippen LogP contribution in [0.5, 0.6) is 11.5 Å². The Kier molecular flexibility index (Phi) is 9.66. The van der Waals surface area contributed by atoms with E-state index in [-0.39, 0.29) is 29.5 Å². The molecule has 0 N–H and O–H groups in total. The van der Waals surface area contributed by atoms with Crippen molar-refractivity contribution in [3.8, 4) is 11.5 Å². The first-order valence-corrected chi connectivity index (χ1v) is 14.5. The van der Waals surface area contributed by atoms with Crippen molar-refractivity contribution in [2.75, 3.05) is 19.7 Å². The van der Waals surface area contributed by atoms with E-state index in [1.54, 1.807) is 11.8 Å². The molecule has 2 heterocycles. The van der Waals surface area contributed by atoms with Gasteiger partial charge in [-0.25, -0.2) is 4.98 Å². The highest BCUT2D eigenvalue weighted by molar-refractivity contribution is 5.92. The fourth-order valence-electron chi connectivity index (χ4n) is 5.27. The zero-order chi connectivity index (χ0) is 29.3. The SMILES string of the molecule is CCOC(=O)[C@H]1CCCN(C(=O)c2coc(CN(Cc3cccc(Oc4ccccc4)c3)[C@H](C)c3ccccc3)n2)C1. The van der Waals surface area contributed by atoms with Crippen LogP contribution in [0.1, 0.15) is 60.2 Å². The number of oxazole rings is 1. The van der Waals surface area contributed by atoms with E-state index in [9.17, 15) is 9.59 Å². The minimum atomic E-state index is -0.308. The third-order valence-corrected chi connectivity index (χ3v) is 7.53. The van der Waals surface area contributed by atoms with Crippen LogP contribution in [0.15, 0.2) is 95.6 Å². The molecule has 2 atom stereocenters. The monoisotopic (exact) mass is 567 g/mol. The molecule has 0 spiro atoms. The number of hydrogen-bond acceptors (Lipinski definition) is 7. The van der Waals surface area contributed by atoms with Gasteiger partial charge in [0.15, 0.2) is 5.69 Å². The number of likely N-dealkylation sites (tertiary alicyclic amines) is 1. The van der Waals surface area contributed by atoms with Gasteiger partial charge >= 0.3 is 5.97 Å². The van der Waals surface area contributed by atoms with Crippen LogP contribution in [0.4, 0.5) is 0 Å². The second-order valence-corrected chi connectivity index (χ2v) is 10.5. The lowest BCUT2D eigenvalue weighted by Crippen LogP contribution is -2.43. The smallest absolute Gasteiger partial charge is 0.310 e. The van der Waals surface area contributed by atoms with Crippen molar-refractivity contribution in [2.24, 2.45) is 5.92 Å². The lowest BCUT2D eigenvalue weighted by molar-refractivity contribution is -0.149. The summed E-state index contributed by atoms with van der Waals surface area (Å²) in [5, 5.41) is 0. The maximum Gasteiger partial charge on any atom is 0.310 e. The Morgan fingerprint density at radius 1 is 1.00 bits per heavy atom. The van der Waals surface area contributed by atoms with E-state index in [4.69, 9.17) is 13.9 Å². The fourth-order valence-corrected chi connectivity index (χ4v) is 5.27. The molecule has 1 aromatic heterocycles. The summed E-state index contributed by atoms with van der Waals surface area (Å²) in [6.07, 6.45) is 2.89. The summed E-state index contributed by atoms with van der Waals surface area (Å²) < 4.78 is 17.1. The Hall–Kier alpha value is -4.43. The van der Waals surface area contributed by atoms with Gasteiger partial charge in [0.2, 0.25) is 5.89 Å². The zero-order valence-electron chi connectivity index (χ0n) is 24.1. The summed E-state index contributed by atoms with van der Waals surface area (Å²) >= 11 is 0. The molecule has 218 valence electrons. The molecule has 1 amide bonds. The predicted molar refractivity (Wildman–Crippen MR) is 159 cm³/mol. The summed E-state index contributed by atoms with van der Waals surface area (Å²) in [5.74, 6) is 1.21. The van der Waals surface area contributed by atoms with Gasteiger partial charge in [0.25, 0.3) is 5.91 Å². The van der Waals surface area contributed by atoms with Gasteiger partial charge in [0, 0.05) is 25.7 Å². The van der Waals surface area contributed by atoms with Crippen LogP contribution in [-0.4, -0.2) is 46.4 Å². The Morgan fingerprint density at radius 3 is 2.50 bits per heavy atom. The van der Waals surface area contributed by atoms with Crippen LogP contribution in [0.3, 0.4) is 0 Å². The van der Waals surface area contributed by atoms with Gasteiger partial charge in [-0.05, 0) is 62.1 Å². The van der Waals surface area contributed by atoms with Crippen molar-refractivity contribution in [2.45, 2.75) is 45.8 Å². The standard InChI is InChI=1S/C34H37N3O5/c1-3-40-34(39)28-15-11-19-36(22-28)33(38)31-24-41-32(35-31)23-37(25(2)27-13-6-4-7-14-27)21-26-12-10-18-30(20-26)42-29-16-8-5-9-17-29/h4-10,12-14,16-18,20,24-25,28H,3,11,15,19,21-23H2,1-2H3/t25-,28+/m1/s1. The van der Waals surface area contributed by atoms with E-state index in [0.717, 1.165) is 35.5 Å². The predicted octanol–water partition coefficient (Wildman–Crippen LogP) is 6.65. The molecule has 8 heteroatoms. The molecule has 42 heavy (non-hydrogen) atoms. The van der Waals surface area contributed by atoms with E-state index in [1.165, 1.54) is 6.26 Å². The first kappa shape index (κ1) is 29.1. The van der Waals surface area contributed by atoms with Crippen molar-refractivity contribution >= 4 is 11.9 Å². The minimum absolute atomic E-state index is 0.0448. The van der Waals surface area contributed by atoms with Crippen molar-refractivity contribution in [3.63, 3.8) is 0 Å². The Labute approximate surface area is 246 Å². The molecule has 1 saturated heterocycles. The summed E-state index contributed by atoms with van der Waals surface area (Å²) in [4.78, 5) is 34.1. The van der Waals surface area contributed by atoms with E-state index >= 15 is 0 Å². The number of esters is 1. The first-order chi connectivity index (χ1) is 20.5. The number of rotatable bonds is 11. The number of para-hydroxylation sites is 1. The number of piperidine rings is 1. The van der Waals surface area contributed by atoms with Crippen LogP contribution < -0.4 is 4.74 Å². The second-order valence-electron chi connectivity index (χ2n) is 10.5. The molecule has 1 aliphatic heterocycles. The van der Waals surface area contributed by atoms with Crippen LogP contribution in [0.2, 0.25) is 0 Å². The van der Waals surface area contributed by atoms with Gasteiger partial charge in [0.1, 0.15) is 17.8 Å². The van der Waals surface area contributed by atoms with Crippen molar-refractivity contribution in [1.82, 2.24) is 14.8 Å². The van der Waals surface area contributed by atoms with Gasteiger partial charge in [-0.1, -0.05) is 60.7 Å². The molecule has 8 nitrogen and oxygen atoms in total. The molecule has 5 rings (SSSR count). The number of amides is 1. The number of ether oxygens (including phenoxy) is 2. The van der Waals surface area contributed by atoms with Crippen LogP contribution in [-0.2, 0) is 22.6 Å². The highest BCUT2D eigenvalue weighted by Gasteiger charge is 2.31. The van der Waals surface area contributed by atoms with Gasteiger partial charge in [-0.2, -0.15) is 0 Å². The molecule has 1 aliphatic rings. The molecule has 0 saturated carbocycles. The van der Waals surface area contributed by atoms with Crippen LogP contribution >= 0.6 is 0 Å². The highest BCUT2D eigenvalue weighted by atomic mass is 16.5. The van der Waals surface area contributed by atoms with Gasteiger partial charge in [-0.3, -0.25) is 14.5 Å². The van der Waals surface area contributed by atoms with Gasteiger partial charge < -0.3 is 18.8 Å². The number of carbonyl (C=O) groups excluding carboxylic acids is 2. The summed E-state index contributed by atoms with van der Waals surface area (Å²) in [6, 6.07) is 28.1. The normalized spacial score (nSPS) is 15.8. The maximum absolute atomic E-state index is 13.3. The van der Waals surface area contributed by atoms with Crippen molar-refractivity contribution in [1.29, 1.82) is 0 Å². The number of nitrogens with zero attached hydrogens (tertiary/aromatic N) is 3. The third-order valence-electron chi connectivity index (χ3n) is 7.53. The second kappa shape index (κ2) is 14.0. The number of hydrogen-bond donors (Lipinski definition) is 0. The topological polar surface area (TPSA) is 85.1 Å². The average molecular weight is 568 g/mol. The van der Waals surface area contributed by atoms with E-state index in [2.05, 4.69) is 35.0 Å². The Balaban J connectivity index is 1.31. The fraction of sp³-hybridized carbons (Fsp3) is 0.324. The molecule has 0 radical (unpaired) electrons. The summed E-state index contributed by atoms with van der Waals surface area (Å²) in [7, 11) is 0. The van der Waals surface area contributed by atoms with Gasteiger partial charge in [0.05, 0.1) is 19.1 Å². The van der Waals surface area contributed by atoms with Gasteiger partial charge in [-0.15, -0.1) is 0 Å².